The van der Waals surface area contributed by atoms with E-state index in [-0.39, 0.29) is 17.9 Å². The van der Waals surface area contributed by atoms with Gasteiger partial charge in [0.2, 0.25) is 5.91 Å². The number of aryl methyl sites for hydroxylation is 2. The number of anilines is 1. The van der Waals surface area contributed by atoms with Crippen LogP contribution in [0.25, 0.3) is 16.8 Å². The number of carbonyl (C=O) groups excluding carboxylic acids is 1. The molecule has 5 heterocycles. The van der Waals surface area contributed by atoms with E-state index in [1.54, 1.807) is 16.7 Å². The average Bonchev–Trinajstić information content (AvgIpc) is 3.66. The molecule has 2 fully saturated rings. The van der Waals surface area contributed by atoms with Gasteiger partial charge in [0.05, 0.1) is 34.7 Å². The Morgan fingerprint density at radius 1 is 1.07 bits per heavy atom. The van der Waals surface area contributed by atoms with Crippen molar-refractivity contribution in [1.82, 2.24) is 14.5 Å². The zero-order chi connectivity index (χ0) is 27.5. The van der Waals surface area contributed by atoms with Crippen molar-refractivity contribution in [2.24, 2.45) is 4.99 Å². The van der Waals surface area contributed by atoms with Gasteiger partial charge in [-0.1, -0.05) is 5.16 Å². The minimum absolute atomic E-state index is 0.106. The molecule has 7 rings (SSSR count). The number of carbonyl (C=O) groups is 1. The van der Waals surface area contributed by atoms with Crippen LogP contribution in [0.1, 0.15) is 73.3 Å². The molecular formula is C30H29F2N5O2S. The Hall–Kier alpha value is -3.53. The Morgan fingerprint density at radius 2 is 1.95 bits per heavy atom. The normalized spacial score (nSPS) is 24.7. The van der Waals surface area contributed by atoms with Crippen molar-refractivity contribution in [2.75, 3.05) is 4.90 Å². The number of imidazole rings is 1. The highest BCUT2D eigenvalue weighted by molar-refractivity contribution is 8.12. The Bertz CT molecular complexity index is 1640. The number of amides is 1. The number of benzene rings is 1. The van der Waals surface area contributed by atoms with Crippen molar-refractivity contribution in [1.29, 1.82) is 0 Å². The van der Waals surface area contributed by atoms with E-state index in [0.29, 0.717) is 36.2 Å². The van der Waals surface area contributed by atoms with Gasteiger partial charge < -0.3 is 13.8 Å². The molecule has 0 radical (unpaired) electrons. The predicted molar refractivity (Wildman–Crippen MR) is 151 cm³/mol. The van der Waals surface area contributed by atoms with Crippen molar-refractivity contribution in [3.8, 4) is 11.1 Å². The van der Waals surface area contributed by atoms with Gasteiger partial charge in [-0.05, 0) is 75.8 Å². The number of pyridine rings is 1. The van der Waals surface area contributed by atoms with E-state index in [1.807, 2.05) is 25.5 Å². The van der Waals surface area contributed by atoms with E-state index in [4.69, 9.17) is 9.51 Å². The molecule has 0 bridgehead atoms. The second-order valence-electron chi connectivity index (χ2n) is 11.0. The minimum Gasteiger partial charge on any atom is -0.361 e. The molecule has 0 N–H and O–H groups in total. The summed E-state index contributed by atoms with van der Waals surface area (Å²) in [6.45, 7) is 3.82. The maximum absolute atomic E-state index is 14.3. The highest BCUT2D eigenvalue weighted by Crippen LogP contribution is 2.46. The lowest BCUT2D eigenvalue weighted by Gasteiger charge is -2.37. The number of hydrogen-bond donors (Lipinski definition) is 0. The van der Waals surface area contributed by atoms with Crippen LogP contribution in [0.15, 0.2) is 46.0 Å². The lowest BCUT2D eigenvalue weighted by molar-refractivity contribution is -0.120. The first-order chi connectivity index (χ1) is 19.4. The zero-order valence-corrected chi connectivity index (χ0v) is 23.1. The number of piperidine rings is 1. The molecule has 7 nitrogen and oxygen atoms in total. The van der Waals surface area contributed by atoms with Gasteiger partial charge >= 0.3 is 0 Å². The summed E-state index contributed by atoms with van der Waals surface area (Å²) >= 11 is 1.80. The summed E-state index contributed by atoms with van der Waals surface area (Å²) in [4.78, 5) is 24.8. The summed E-state index contributed by atoms with van der Waals surface area (Å²) in [7, 11) is 0. The number of hydrogen-bond acceptors (Lipinski definition) is 6. The third-order valence-electron chi connectivity index (χ3n) is 8.59. The number of fused-ring (bicyclic) bond motifs is 2. The van der Waals surface area contributed by atoms with Crippen molar-refractivity contribution in [3.05, 3.63) is 71.0 Å². The lowest BCUT2D eigenvalue weighted by atomic mass is 9.81. The van der Waals surface area contributed by atoms with E-state index in [9.17, 15) is 13.6 Å². The average molecular weight is 562 g/mol. The maximum atomic E-state index is 14.3. The second-order valence-corrected chi connectivity index (χ2v) is 12.1. The molecule has 1 saturated carbocycles. The smallest absolute Gasteiger partial charge is 0.227 e. The SMILES string of the molecule is Cc1noc(C)c1-c1ccn2c([C@@H]3CCC4N=CSC4C3)c([C@@H]3CCCC(=O)N3c3ccc(F)c(F)c3)nc2c1. The second kappa shape index (κ2) is 9.83. The zero-order valence-electron chi connectivity index (χ0n) is 22.3. The molecule has 1 aromatic carbocycles. The molecule has 1 saturated heterocycles. The van der Waals surface area contributed by atoms with Crippen LogP contribution >= 0.6 is 11.8 Å². The Labute approximate surface area is 234 Å². The first kappa shape index (κ1) is 25.4. The first-order valence-electron chi connectivity index (χ1n) is 13.8. The number of aromatic nitrogens is 3. The maximum Gasteiger partial charge on any atom is 0.227 e. The van der Waals surface area contributed by atoms with E-state index in [2.05, 4.69) is 26.8 Å². The summed E-state index contributed by atoms with van der Waals surface area (Å²) in [5, 5.41) is 4.55. The fraction of sp³-hybridized carbons (Fsp3) is 0.400. The highest BCUT2D eigenvalue weighted by atomic mass is 32.2. The molecule has 0 spiro atoms. The van der Waals surface area contributed by atoms with Crippen molar-refractivity contribution >= 4 is 34.6 Å². The minimum atomic E-state index is -0.967. The Balaban J connectivity index is 1.38. The van der Waals surface area contributed by atoms with E-state index < -0.39 is 11.6 Å². The molecule has 2 unspecified atom stereocenters. The standard InChI is InChI=1S/C30H29F2N5O2S/c1-16-28(17(2)39-35-16)18-10-11-36-26(13-18)34-29(30(36)19-6-9-23-25(12-19)40-15-33-23)24-4-3-5-27(38)37(24)20-7-8-21(31)22(32)14-20/h7-8,10-11,13-15,19,23-25H,3-6,9,12H2,1-2H3/t19-,23?,24+,25?/m1/s1. The summed E-state index contributed by atoms with van der Waals surface area (Å²) in [6, 6.07) is 7.77. The van der Waals surface area contributed by atoms with Gasteiger partial charge in [-0.15, -0.1) is 11.8 Å². The van der Waals surface area contributed by atoms with Crippen LogP contribution in [0.2, 0.25) is 0 Å². The summed E-state index contributed by atoms with van der Waals surface area (Å²) in [5.74, 6) is -1.03. The van der Waals surface area contributed by atoms with Gasteiger partial charge in [-0.25, -0.2) is 13.8 Å². The number of halogens is 2. The largest absolute Gasteiger partial charge is 0.361 e. The molecular weight excluding hydrogens is 532 g/mol. The molecule has 4 aromatic rings. The van der Waals surface area contributed by atoms with E-state index in [0.717, 1.165) is 71.0 Å². The van der Waals surface area contributed by atoms with Crippen LogP contribution in [0.4, 0.5) is 14.5 Å². The van der Waals surface area contributed by atoms with Gasteiger partial charge in [0.15, 0.2) is 11.6 Å². The van der Waals surface area contributed by atoms with Gasteiger partial charge in [0.1, 0.15) is 11.4 Å². The van der Waals surface area contributed by atoms with Crippen LogP contribution in [-0.2, 0) is 4.79 Å². The third-order valence-corrected chi connectivity index (χ3v) is 9.69. The van der Waals surface area contributed by atoms with Crippen LogP contribution < -0.4 is 4.90 Å². The fourth-order valence-corrected chi connectivity index (χ4v) is 7.86. The monoisotopic (exact) mass is 561 g/mol. The quantitative estimate of drug-likeness (QED) is 0.270. The molecule has 10 heteroatoms. The number of nitrogens with zero attached hydrogens (tertiary/aromatic N) is 5. The molecule has 1 amide bonds. The number of rotatable bonds is 4. The van der Waals surface area contributed by atoms with Gasteiger partial charge in [-0.2, -0.15) is 0 Å². The molecule has 4 atom stereocenters. The highest BCUT2D eigenvalue weighted by Gasteiger charge is 2.40. The lowest BCUT2D eigenvalue weighted by Crippen LogP contribution is -2.39. The molecule has 3 aliphatic rings. The molecule has 40 heavy (non-hydrogen) atoms. The van der Waals surface area contributed by atoms with Gasteiger partial charge in [0, 0.05) is 41.1 Å². The molecule has 2 aliphatic heterocycles. The van der Waals surface area contributed by atoms with Crippen LogP contribution in [0.5, 0.6) is 0 Å². The van der Waals surface area contributed by atoms with Crippen molar-refractivity contribution < 1.29 is 18.1 Å². The molecule has 3 aromatic heterocycles. The van der Waals surface area contributed by atoms with E-state index >= 15 is 0 Å². The summed E-state index contributed by atoms with van der Waals surface area (Å²) in [6.07, 6.45) is 6.74. The number of thioether (sulfide) groups is 1. The third kappa shape index (κ3) is 4.15. The van der Waals surface area contributed by atoms with Crippen molar-refractivity contribution in [3.63, 3.8) is 0 Å². The van der Waals surface area contributed by atoms with Crippen LogP contribution in [-0.4, -0.2) is 37.3 Å². The first-order valence-corrected chi connectivity index (χ1v) is 14.7. The summed E-state index contributed by atoms with van der Waals surface area (Å²) < 4.78 is 35.7. The van der Waals surface area contributed by atoms with Crippen LogP contribution in [0.3, 0.4) is 0 Å². The van der Waals surface area contributed by atoms with E-state index in [1.165, 1.54) is 6.07 Å². The molecule has 206 valence electrons. The Morgan fingerprint density at radius 3 is 2.75 bits per heavy atom. The number of aliphatic imine (C=N–C) groups is 1. The predicted octanol–water partition coefficient (Wildman–Crippen LogP) is 6.92. The van der Waals surface area contributed by atoms with Gasteiger partial charge in [0.25, 0.3) is 0 Å². The van der Waals surface area contributed by atoms with Gasteiger partial charge in [-0.3, -0.25) is 9.79 Å². The topological polar surface area (TPSA) is 76.0 Å². The Kier molecular flexibility index (Phi) is 6.25. The van der Waals surface area contributed by atoms with Crippen LogP contribution in [0, 0.1) is 25.5 Å². The summed E-state index contributed by atoms with van der Waals surface area (Å²) in [5.41, 5.74) is 7.78. The van der Waals surface area contributed by atoms with Crippen molar-refractivity contribution in [2.45, 2.75) is 75.6 Å². The fourth-order valence-electron chi connectivity index (χ4n) is 6.74. The molecule has 1 aliphatic carbocycles.